The van der Waals surface area contributed by atoms with Crippen molar-refractivity contribution in [3.63, 3.8) is 0 Å². The van der Waals surface area contributed by atoms with Gasteiger partial charge in [0.05, 0.1) is 19.3 Å². The summed E-state index contributed by atoms with van der Waals surface area (Å²) in [4.78, 5) is 14.9. The largest absolute Gasteiger partial charge is 0.383 e. The number of hydrogen-bond acceptors (Lipinski definition) is 4. The van der Waals surface area contributed by atoms with Crippen molar-refractivity contribution in [3.05, 3.63) is 0 Å². The number of rotatable bonds is 10. The Morgan fingerprint density at radius 3 is 2.65 bits per heavy atom. The Balaban J connectivity index is 1.98. The zero-order chi connectivity index (χ0) is 16.7. The molecule has 0 heterocycles. The Hall–Kier alpha value is -0.650. The molecule has 2 unspecified atom stereocenters. The minimum absolute atomic E-state index is 0.230. The van der Waals surface area contributed by atoms with Crippen molar-refractivity contribution in [2.45, 2.75) is 64.5 Å². The van der Waals surface area contributed by atoms with Crippen molar-refractivity contribution in [3.8, 4) is 0 Å². The van der Waals surface area contributed by atoms with Crippen LogP contribution in [0.15, 0.2) is 0 Å². The lowest BCUT2D eigenvalue weighted by Gasteiger charge is -2.57. The number of nitrogens with one attached hydrogen (secondary N) is 1. The summed E-state index contributed by atoms with van der Waals surface area (Å²) in [5.41, 5.74) is 0.230. The van der Waals surface area contributed by atoms with Crippen molar-refractivity contribution >= 4 is 5.91 Å². The minimum Gasteiger partial charge on any atom is -0.383 e. The lowest BCUT2D eigenvalue weighted by molar-refractivity contribution is -0.175. The predicted molar refractivity (Wildman–Crippen MR) is 91.5 cm³/mol. The number of amides is 1. The van der Waals surface area contributed by atoms with Crippen LogP contribution in [0.25, 0.3) is 0 Å². The number of nitrogens with zero attached hydrogens (tertiary/aromatic N) is 1. The van der Waals surface area contributed by atoms with Crippen LogP contribution in [0.5, 0.6) is 0 Å². The first kappa shape index (κ1) is 18.7. The zero-order valence-electron chi connectivity index (χ0n) is 15.1. The number of hydrogen-bond donors (Lipinski definition) is 1. The molecule has 0 aromatic heterocycles. The maximum absolute atomic E-state index is 12.7. The lowest BCUT2D eigenvalue weighted by atomic mass is 9.60. The van der Waals surface area contributed by atoms with E-state index in [0.717, 1.165) is 32.5 Å². The molecule has 1 amide bonds. The molecule has 2 aliphatic carbocycles. The highest BCUT2D eigenvalue weighted by Crippen LogP contribution is 2.56. The van der Waals surface area contributed by atoms with E-state index in [-0.39, 0.29) is 11.3 Å². The highest BCUT2D eigenvalue weighted by Gasteiger charge is 2.59. The second kappa shape index (κ2) is 9.00. The molecule has 2 saturated carbocycles. The van der Waals surface area contributed by atoms with E-state index in [1.54, 1.807) is 7.11 Å². The van der Waals surface area contributed by atoms with Crippen LogP contribution in [0, 0.1) is 5.41 Å². The van der Waals surface area contributed by atoms with E-state index in [9.17, 15) is 4.79 Å². The van der Waals surface area contributed by atoms with Crippen LogP contribution in [0.3, 0.4) is 0 Å². The maximum Gasteiger partial charge on any atom is 0.236 e. The van der Waals surface area contributed by atoms with Gasteiger partial charge < -0.3 is 19.7 Å². The third kappa shape index (κ3) is 4.06. The summed E-state index contributed by atoms with van der Waals surface area (Å²) in [7, 11) is 1.68. The molecule has 5 heteroatoms. The second-order valence-corrected chi connectivity index (χ2v) is 6.89. The summed E-state index contributed by atoms with van der Waals surface area (Å²) in [6.07, 6.45) is 7.36. The van der Waals surface area contributed by atoms with Crippen LogP contribution in [0.4, 0.5) is 0 Å². The highest BCUT2D eigenvalue weighted by atomic mass is 16.5. The van der Waals surface area contributed by atoms with Crippen molar-refractivity contribution in [2.24, 2.45) is 5.41 Å². The summed E-state index contributed by atoms with van der Waals surface area (Å²) in [5.74, 6) is 0.231. The SMILES string of the molecule is CCCN(C(=O)CNCCOC)C1CC(OCC)C12CCCC2. The molecule has 0 aromatic carbocycles. The molecule has 0 aliphatic heterocycles. The first-order valence-corrected chi connectivity index (χ1v) is 9.30. The van der Waals surface area contributed by atoms with Gasteiger partial charge in [-0.25, -0.2) is 0 Å². The maximum atomic E-state index is 12.7. The lowest BCUT2D eigenvalue weighted by Crippen LogP contribution is -2.65. The van der Waals surface area contributed by atoms with Gasteiger partial charge in [0.15, 0.2) is 0 Å². The van der Waals surface area contributed by atoms with Crippen LogP contribution >= 0.6 is 0 Å². The molecule has 2 fully saturated rings. The van der Waals surface area contributed by atoms with E-state index >= 15 is 0 Å². The average Bonchev–Trinajstić information content (AvgIpc) is 3.06. The van der Waals surface area contributed by atoms with Crippen molar-refractivity contribution < 1.29 is 14.3 Å². The predicted octanol–water partition coefficient (Wildman–Crippen LogP) is 2.20. The summed E-state index contributed by atoms with van der Waals surface area (Å²) in [5, 5.41) is 3.20. The molecule has 0 aromatic rings. The molecule has 0 bridgehead atoms. The van der Waals surface area contributed by atoms with Gasteiger partial charge in [-0.1, -0.05) is 19.8 Å². The topological polar surface area (TPSA) is 50.8 Å². The Bertz CT molecular complexity index is 369. The van der Waals surface area contributed by atoms with Gasteiger partial charge in [0.25, 0.3) is 0 Å². The fourth-order valence-electron chi connectivity index (χ4n) is 4.45. The smallest absolute Gasteiger partial charge is 0.236 e. The van der Waals surface area contributed by atoms with E-state index in [1.165, 1.54) is 25.7 Å². The van der Waals surface area contributed by atoms with Gasteiger partial charge >= 0.3 is 0 Å². The van der Waals surface area contributed by atoms with Gasteiger partial charge in [-0.2, -0.15) is 0 Å². The van der Waals surface area contributed by atoms with Gasteiger partial charge in [-0.05, 0) is 32.6 Å². The van der Waals surface area contributed by atoms with Gasteiger partial charge in [0.1, 0.15) is 0 Å². The third-order valence-corrected chi connectivity index (χ3v) is 5.56. The second-order valence-electron chi connectivity index (χ2n) is 6.89. The van der Waals surface area contributed by atoms with Crippen LogP contribution in [0.2, 0.25) is 0 Å². The molecule has 1 spiro atoms. The average molecular weight is 326 g/mol. The fraction of sp³-hybridized carbons (Fsp3) is 0.944. The quantitative estimate of drug-likeness (QED) is 0.625. The normalized spacial score (nSPS) is 25.5. The van der Waals surface area contributed by atoms with Crippen LogP contribution < -0.4 is 5.32 Å². The molecule has 1 N–H and O–H groups in total. The summed E-state index contributed by atoms with van der Waals surface area (Å²) in [6, 6.07) is 0.373. The van der Waals surface area contributed by atoms with E-state index < -0.39 is 0 Å². The van der Waals surface area contributed by atoms with Crippen LogP contribution in [-0.2, 0) is 14.3 Å². The molecule has 134 valence electrons. The van der Waals surface area contributed by atoms with E-state index in [0.29, 0.717) is 25.3 Å². The first-order valence-electron chi connectivity index (χ1n) is 9.30. The number of ether oxygens (including phenoxy) is 2. The molecule has 2 rings (SSSR count). The fourth-order valence-corrected chi connectivity index (χ4v) is 4.45. The van der Waals surface area contributed by atoms with Crippen LogP contribution in [0.1, 0.15) is 52.4 Å². The van der Waals surface area contributed by atoms with Gasteiger partial charge in [0.2, 0.25) is 5.91 Å². The zero-order valence-corrected chi connectivity index (χ0v) is 15.1. The van der Waals surface area contributed by atoms with E-state index in [1.807, 2.05) is 0 Å². The molecule has 2 atom stereocenters. The molecular formula is C18H34N2O3. The standard InChI is InChI=1S/C18H34N2O3/c1-4-11-20(17(21)14-19-10-12-22-3)15-13-16(23-5-2)18(15)8-6-7-9-18/h15-16,19H,4-14H2,1-3H3. The summed E-state index contributed by atoms with van der Waals surface area (Å²) >= 11 is 0. The van der Waals surface area contributed by atoms with Crippen molar-refractivity contribution in [2.75, 3.05) is 40.0 Å². The molecule has 5 nitrogen and oxygen atoms in total. The van der Waals surface area contributed by atoms with Gasteiger partial charge in [0, 0.05) is 38.3 Å². The summed E-state index contributed by atoms with van der Waals surface area (Å²) in [6.45, 7) is 7.63. The molecule has 0 radical (unpaired) electrons. The Morgan fingerprint density at radius 1 is 1.30 bits per heavy atom. The molecule has 23 heavy (non-hydrogen) atoms. The number of carbonyl (C=O) groups excluding carboxylic acids is 1. The van der Waals surface area contributed by atoms with Crippen molar-refractivity contribution in [1.82, 2.24) is 10.2 Å². The highest BCUT2D eigenvalue weighted by molar-refractivity contribution is 5.79. The monoisotopic (exact) mass is 326 g/mol. The van der Waals surface area contributed by atoms with Crippen LogP contribution in [-0.4, -0.2) is 62.9 Å². The number of carbonyl (C=O) groups is 1. The number of methoxy groups -OCH3 is 1. The third-order valence-electron chi connectivity index (χ3n) is 5.56. The molecule has 0 saturated heterocycles. The van der Waals surface area contributed by atoms with Gasteiger partial charge in [-0.15, -0.1) is 0 Å². The Labute approximate surface area is 141 Å². The minimum atomic E-state index is 0.230. The van der Waals surface area contributed by atoms with E-state index in [2.05, 4.69) is 24.1 Å². The summed E-state index contributed by atoms with van der Waals surface area (Å²) < 4.78 is 11.0. The molecular weight excluding hydrogens is 292 g/mol. The Kier molecular flexibility index (Phi) is 7.31. The first-order chi connectivity index (χ1) is 11.2. The molecule has 2 aliphatic rings. The van der Waals surface area contributed by atoms with E-state index in [4.69, 9.17) is 9.47 Å². The van der Waals surface area contributed by atoms with Gasteiger partial charge in [-0.3, -0.25) is 4.79 Å². The van der Waals surface area contributed by atoms with Crippen molar-refractivity contribution in [1.29, 1.82) is 0 Å². The Morgan fingerprint density at radius 2 is 2.04 bits per heavy atom.